The molecule has 2 aromatic carbocycles. The highest BCUT2D eigenvalue weighted by atomic mass is 32.2. The molecule has 0 saturated carbocycles. The highest BCUT2D eigenvalue weighted by molar-refractivity contribution is 7.98. The molecule has 0 aliphatic rings. The highest BCUT2D eigenvalue weighted by Gasteiger charge is 2.11. The molecule has 0 N–H and O–H groups in total. The topological polar surface area (TPSA) is 34.9 Å². The van der Waals surface area contributed by atoms with E-state index < -0.39 is 0 Å². The van der Waals surface area contributed by atoms with Crippen molar-refractivity contribution in [2.45, 2.75) is 12.1 Å². The molecule has 3 rings (SSSR count). The third-order valence-electron chi connectivity index (χ3n) is 3.22. The number of nitrogens with zero attached hydrogens (tertiary/aromatic N) is 2. The molecule has 0 amide bonds. The predicted molar refractivity (Wildman–Crippen MR) is 83.9 cm³/mol. The van der Waals surface area contributed by atoms with Gasteiger partial charge in [-0.05, 0) is 37.4 Å². The molecule has 0 unspecified atom stereocenters. The van der Waals surface area contributed by atoms with Crippen molar-refractivity contribution >= 4 is 22.7 Å². The first-order chi connectivity index (χ1) is 9.70. The van der Waals surface area contributed by atoms with Gasteiger partial charge in [-0.2, -0.15) is 0 Å². The lowest BCUT2D eigenvalue weighted by Crippen LogP contribution is -2.21. The number of aromatic nitrogens is 2. The van der Waals surface area contributed by atoms with E-state index in [-0.39, 0.29) is 5.56 Å². The summed E-state index contributed by atoms with van der Waals surface area (Å²) in [5.41, 5.74) is 2.73. The number of fused-ring (bicyclic) bond motifs is 1. The first-order valence-electron chi connectivity index (χ1n) is 6.33. The average Bonchev–Trinajstić information content (AvgIpc) is 2.48. The van der Waals surface area contributed by atoms with E-state index in [0.717, 1.165) is 11.2 Å². The number of benzene rings is 2. The minimum atomic E-state index is -0.0243. The van der Waals surface area contributed by atoms with Crippen LogP contribution in [0, 0.1) is 6.92 Å². The van der Waals surface area contributed by atoms with Crippen molar-refractivity contribution in [3.63, 3.8) is 0 Å². The Kier molecular flexibility index (Phi) is 3.32. The largest absolute Gasteiger partial charge is 0.268 e. The third-order valence-corrected chi connectivity index (χ3v) is 3.86. The first-order valence-corrected chi connectivity index (χ1v) is 7.56. The Morgan fingerprint density at radius 2 is 1.75 bits per heavy atom. The summed E-state index contributed by atoms with van der Waals surface area (Å²) in [5, 5.41) is 1.35. The Hall–Kier alpha value is -2.07. The number of aryl methyl sites for hydroxylation is 1. The Bertz CT molecular complexity index is 822. The van der Waals surface area contributed by atoms with Crippen molar-refractivity contribution in [2.75, 3.05) is 6.26 Å². The molecule has 100 valence electrons. The predicted octanol–water partition coefficient (Wildman–Crippen LogP) is 3.42. The van der Waals surface area contributed by atoms with Crippen LogP contribution >= 0.6 is 11.8 Å². The van der Waals surface area contributed by atoms with Gasteiger partial charge < -0.3 is 0 Å². The summed E-state index contributed by atoms with van der Waals surface area (Å²) in [6, 6.07) is 15.4. The molecule has 4 heteroatoms. The van der Waals surface area contributed by atoms with Crippen LogP contribution in [-0.4, -0.2) is 15.8 Å². The van der Waals surface area contributed by atoms with Gasteiger partial charge in [-0.15, -0.1) is 0 Å². The van der Waals surface area contributed by atoms with Gasteiger partial charge in [0.2, 0.25) is 0 Å². The molecule has 0 aliphatic carbocycles. The molecule has 0 saturated heterocycles. The van der Waals surface area contributed by atoms with Crippen molar-refractivity contribution in [3.8, 4) is 5.69 Å². The van der Waals surface area contributed by atoms with Gasteiger partial charge in [-0.3, -0.25) is 9.36 Å². The Labute approximate surface area is 121 Å². The van der Waals surface area contributed by atoms with Gasteiger partial charge in [0.1, 0.15) is 0 Å². The zero-order valence-corrected chi connectivity index (χ0v) is 12.1. The maximum Gasteiger partial charge on any atom is 0.266 e. The minimum absolute atomic E-state index is 0.0243. The number of hydrogen-bond donors (Lipinski definition) is 0. The molecule has 0 aliphatic heterocycles. The van der Waals surface area contributed by atoms with Crippen LogP contribution in [0.15, 0.2) is 58.5 Å². The summed E-state index contributed by atoms with van der Waals surface area (Å²) in [6.07, 6.45) is 1.93. The van der Waals surface area contributed by atoms with Crippen molar-refractivity contribution in [3.05, 3.63) is 64.4 Å². The summed E-state index contributed by atoms with van der Waals surface area (Å²) >= 11 is 1.48. The van der Waals surface area contributed by atoms with Crippen LogP contribution in [0.1, 0.15) is 5.56 Å². The minimum Gasteiger partial charge on any atom is -0.268 e. The lowest BCUT2D eigenvalue weighted by atomic mass is 10.2. The second-order valence-electron chi connectivity index (χ2n) is 4.59. The second-order valence-corrected chi connectivity index (χ2v) is 5.37. The molecule has 0 radical (unpaired) electrons. The van der Waals surface area contributed by atoms with Crippen LogP contribution in [-0.2, 0) is 0 Å². The zero-order chi connectivity index (χ0) is 14.1. The smallest absolute Gasteiger partial charge is 0.266 e. The second kappa shape index (κ2) is 5.13. The summed E-state index contributed by atoms with van der Waals surface area (Å²) in [5.74, 6) is 0. The number of hydrogen-bond acceptors (Lipinski definition) is 3. The Morgan fingerprint density at radius 3 is 2.45 bits per heavy atom. The maximum atomic E-state index is 12.7. The standard InChI is InChI=1S/C16H14N2OS/c1-11-7-9-12(10-8-11)18-15(19)13-5-3-4-6-14(13)17-16(18)20-2/h3-10H,1-2H3. The molecule has 20 heavy (non-hydrogen) atoms. The van der Waals surface area contributed by atoms with E-state index in [2.05, 4.69) is 4.98 Å². The van der Waals surface area contributed by atoms with E-state index in [0.29, 0.717) is 10.5 Å². The van der Waals surface area contributed by atoms with E-state index >= 15 is 0 Å². The van der Waals surface area contributed by atoms with E-state index in [1.165, 1.54) is 17.3 Å². The number of thioether (sulfide) groups is 1. The van der Waals surface area contributed by atoms with Crippen molar-refractivity contribution in [1.29, 1.82) is 0 Å². The molecule has 0 fully saturated rings. The van der Waals surface area contributed by atoms with Gasteiger partial charge >= 0.3 is 0 Å². The molecule has 0 bridgehead atoms. The van der Waals surface area contributed by atoms with Gasteiger partial charge in [0.05, 0.1) is 16.6 Å². The van der Waals surface area contributed by atoms with Crippen LogP contribution in [0.5, 0.6) is 0 Å². The van der Waals surface area contributed by atoms with Crippen LogP contribution in [0.2, 0.25) is 0 Å². The van der Waals surface area contributed by atoms with Crippen LogP contribution in [0.3, 0.4) is 0 Å². The van der Waals surface area contributed by atoms with Crippen molar-refractivity contribution < 1.29 is 0 Å². The van der Waals surface area contributed by atoms with Gasteiger partial charge in [0.15, 0.2) is 5.16 Å². The molecular formula is C16H14N2OS. The van der Waals surface area contributed by atoms with Crippen LogP contribution in [0.4, 0.5) is 0 Å². The Balaban J connectivity index is 2.36. The van der Waals surface area contributed by atoms with Gasteiger partial charge in [-0.1, -0.05) is 41.6 Å². The lowest BCUT2D eigenvalue weighted by Gasteiger charge is -2.12. The summed E-state index contributed by atoms with van der Waals surface area (Å²) in [6.45, 7) is 2.03. The third kappa shape index (κ3) is 2.12. The van der Waals surface area contributed by atoms with Gasteiger partial charge in [0, 0.05) is 0 Å². The fourth-order valence-corrected chi connectivity index (χ4v) is 2.73. The zero-order valence-electron chi connectivity index (χ0n) is 11.3. The molecule has 1 heterocycles. The summed E-state index contributed by atoms with van der Waals surface area (Å²) in [7, 11) is 0. The van der Waals surface area contributed by atoms with E-state index in [9.17, 15) is 4.79 Å². The van der Waals surface area contributed by atoms with Crippen LogP contribution in [0.25, 0.3) is 16.6 Å². The Morgan fingerprint density at radius 1 is 1.05 bits per heavy atom. The SMILES string of the molecule is CSc1nc2ccccc2c(=O)n1-c1ccc(C)cc1. The van der Waals surface area contributed by atoms with Crippen molar-refractivity contribution in [1.82, 2.24) is 9.55 Å². The normalized spacial score (nSPS) is 10.9. The van der Waals surface area contributed by atoms with Gasteiger partial charge in [-0.25, -0.2) is 4.98 Å². The van der Waals surface area contributed by atoms with Crippen LogP contribution < -0.4 is 5.56 Å². The highest BCUT2D eigenvalue weighted by Crippen LogP contribution is 2.19. The molecule has 0 atom stereocenters. The molecule has 0 spiro atoms. The monoisotopic (exact) mass is 282 g/mol. The fraction of sp³-hybridized carbons (Fsp3) is 0.125. The lowest BCUT2D eigenvalue weighted by molar-refractivity contribution is 0.821. The maximum absolute atomic E-state index is 12.7. The van der Waals surface area contributed by atoms with E-state index in [1.54, 1.807) is 4.57 Å². The van der Waals surface area contributed by atoms with Crippen molar-refractivity contribution in [2.24, 2.45) is 0 Å². The summed E-state index contributed by atoms with van der Waals surface area (Å²) in [4.78, 5) is 17.3. The number of rotatable bonds is 2. The van der Waals surface area contributed by atoms with E-state index in [1.807, 2.05) is 61.7 Å². The molecular weight excluding hydrogens is 268 g/mol. The fourth-order valence-electron chi connectivity index (χ4n) is 2.17. The first kappa shape index (κ1) is 12.9. The number of para-hydroxylation sites is 1. The quantitative estimate of drug-likeness (QED) is 0.533. The molecule has 3 nitrogen and oxygen atoms in total. The van der Waals surface area contributed by atoms with E-state index in [4.69, 9.17) is 0 Å². The molecule has 3 aromatic rings. The molecule has 1 aromatic heterocycles. The summed E-state index contributed by atoms with van der Waals surface area (Å²) < 4.78 is 1.67. The average molecular weight is 282 g/mol. The van der Waals surface area contributed by atoms with Gasteiger partial charge in [0.25, 0.3) is 5.56 Å².